The van der Waals surface area contributed by atoms with Gasteiger partial charge < -0.3 is 15.0 Å². The van der Waals surface area contributed by atoms with Gasteiger partial charge in [0.15, 0.2) is 0 Å². The number of ether oxygens (including phenoxy) is 1. The Labute approximate surface area is 143 Å². The zero-order valence-corrected chi connectivity index (χ0v) is 14.6. The zero-order valence-electron chi connectivity index (χ0n) is 14.6. The molecule has 1 heterocycles. The molecule has 2 fully saturated rings. The molecule has 1 aliphatic heterocycles. The van der Waals surface area contributed by atoms with Crippen LogP contribution in [0.5, 0.6) is 5.75 Å². The molecular weight excluding hydrogens is 304 g/mol. The Morgan fingerprint density at radius 2 is 1.83 bits per heavy atom. The molecule has 2 atom stereocenters. The summed E-state index contributed by atoms with van der Waals surface area (Å²) < 4.78 is 5.21. The molecule has 1 N–H and O–H groups in total. The molecule has 0 radical (unpaired) electrons. The monoisotopic (exact) mass is 330 g/mol. The van der Waals surface area contributed by atoms with E-state index in [1.165, 1.54) is 0 Å². The summed E-state index contributed by atoms with van der Waals surface area (Å²) in [4.78, 5) is 26.9. The van der Waals surface area contributed by atoms with Crippen LogP contribution in [0.25, 0.3) is 0 Å². The number of hydrogen-bond donors (Lipinski definition) is 1. The highest BCUT2D eigenvalue weighted by molar-refractivity contribution is 5.84. The Balaban J connectivity index is 1.80. The van der Waals surface area contributed by atoms with Gasteiger partial charge >= 0.3 is 0 Å². The van der Waals surface area contributed by atoms with Gasteiger partial charge in [-0.1, -0.05) is 26.0 Å². The first-order chi connectivity index (χ1) is 11.5. The third-order valence-corrected chi connectivity index (χ3v) is 4.93. The van der Waals surface area contributed by atoms with Crippen LogP contribution in [0.3, 0.4) is 0 Å². The lowest BCUT2D eigenvalue weighted by Crippen LogP contribution is -2.37. The van der Waals surface area contributed by atoms with Crippen LogP contribution in [-0.4, -0.2) is 43.0 Å². The third-order valence-electron chi connectivity index (χ3n) is 4.93. The largest absolute Gasteiger partial charge is 0.497 e. The van der Waals surface area contributed by atoms with Crippen molar-refractivity contribution in [3.63, 3.8) is 0 Å². The third kappa shape index (κ3) is 3.55. The van der Waals surface area contributed by atoms with Gasteiger partial charge in [-0.2, -0.15) is 0 Å². The van der Waals surface area contributed by atoms with Gasteiger partial charge in [0.05, 0.1) is 13.0 Å². The maximum absolute atomic E-state index is 12.7. The molecule has 1 aromatic rings. The molecule has 5 nitrogen and oxygen atoms in total. The van der Waals surface area contributed by atoms with Crippen LogP contribution in [0.15, 0.2) is 24.3 Å². The van der Waals surface area contributed by atoms with E-state index >= 15 is 0 Å². The molecule has 1 aromatic carbocycles. The van der Waals surface area contributed by atoms with Crippen LogP contribution < -0.4 is 10.1 Å². The number of benzene rings is 1. The summed E-state index contributed by atoms with van der Waals surface area (Å²) in [5.74, 6) is 0.810. The minimum Gasteiger partial charge on any atom is -0.497 e. The number of rotatable bonds is 5. The van der Waals surface area contributed by atoms with Gasteiger partial charge in [-0.15, -0.1) is 0 Å². The standard InChI is InChI=1S/C19H26N2O3/c1-12(2)19(23)21-10-16(13-4-8-15(24-3)9-5-13)17(11-21)18(22)20-14-6-7-14/h4-5,8-9,12,14,16-17H,6-7,10-11H2,1-3H3,(H,20,22)/t16-,17+/m0/s1. The van der Waals surface area contributed by atoms with Crippen LogP contribution in [0.1, 0.15) is 38.2 Å². The van der Waals surface area contributed by atoms with Gasteiger partial charge in [0, 0.05) is 31.0 Å². The average molecular weight is 330 g/mol. The molecule has 0 spiro atoms. The highest BCUT2D eigenvalue weighted by Gasteiger charge is 2.41. The summed E-state index contributed by atoms with van der Waals surface area (Å²) in [6.45, 7) is 4.92. The first-order valence-corrected chi connectivity index (χ1v) is 8.72. The topological polar surface area (TPSA) is 58.6 Å². The van der Waals surface area contributed by atoms with Crippen molar-refractivity contribution in [3.8, 4) is 5.75 Å². The van der Waals surface area contributed by atoms with Crippen LogP contribution >= 0.6 is 0 Å². The summed E-state index contributed by atoms with van der Waals surface area (Å²) >= 11 is 0. The highest BCUT2D eigenvalue weighted by atomic mass is 16.5. The van der Waals surface area contributed by atoms with E-state index in [0.717, 1.165) is 24.2 Å². The maximum Gasteiger partial charge on any atom is 0.225 e. The molecule has 0 aromatic heterocycles. The molecule has 130 valence electrons. The lowest BCUT2D eigenvalue weighted by molar-refractivity contribution is -0.133. The van der Waals surface area contributed by atoms with Crippen molar-refractivity contribution in [2.45, 2.75) is 38.6 Å². The van der Waals surface area contributed by atoms with Gasteiger partial charge in [-0.3, -0.25) is 9.59 Å². The molecule has 24 heavy (non-hydrogen) atoms. The molecule has 1 saturated heterocycles. The van der Waals surface area contributed by atoms with E-state index in [1.54, 1.807) is 7.11 Å². The Kier molecular flexibility index (Phi) is 4.78. The smallest absolute Gasteiger partial charge is 0.225 e. The predicted octanol–water partition coefficient (Wildman–Crippen LogP) is 2.17. The number of nitrogens with one attached hydrogen (secondary N) is 1. The lowest BCUT2D eigenvalue weighted by Gasteiger charge is -2.18. The van der Waals surface area contributed by atoms with E-state index in [2.05, 4.69) is 5.32 Å². The summed E-state index contributed by atoms with van der Waals surface area (Å²) in [6, 6.07) is 8.17. The minimum atomic E-state index is -0.179. The van der Waals surface area contributed by atoms with Crippen LogP contribution in [0, 0.1) is 11.8 Å². The number of carbonyl (C=O) groups is 2. The molecule has 0 unspecified atom stereocenters. The van der Waals surface area contributed by atoms with Crippen molar-refractivity contribution < 1.29 is 14.3 Å². The predicted molar refractivity (Wildman–Crippen MR) is 91.8 cm³/mol. The van der Waals surface area contributed by atoms with Gasteiger partial charge in [0.2, 0.25) is 11.8 Å². The Morgan fingerprint density at radius 1 is 1.17 bits per heavy atom. The Bertz CT molecular complexity index is 608. The molecule has 1 aliphatic carbocycles. The van der Waals surface area contributed by atoms with E-state index in [1.807, 2.05) is 43.0 Å². The highest BCUT2D eigenvalue weighted by Crippen LogP contribution is 2.35. The van der Waals surface area contributed by atoms with Crippen molar-refractivity contribution in [2.24, 2.45) is 11.8 Å². The fourth-order valence-electron chi connectivity index (χ4n) is 3.34. The summed E-state index contributed by atoms with van der Waals surface area (Å²) in [5.41, 5.74) is 1.09. The Morgan fingerprint density at radius 3 is 2.38 bits per heavy atom. The van der Waals surface area contributed by atoms with E-state index < -0.39 is 0 Å². The number of likely N-dealkylation sites (tertiary alicyclic amines) is 1. The van der Waals surface area contributed by atoms with Crippen molar-refractivity contribution in [2.75, 3.05) is 20.2 Å². The normalized spacial score (nSPS) is 23.4. The maximum atomic E-state index is 12.7. The number of methoxy groups -OCH3 is 1. The van der Waals surface area contributed by atoms with Crippen molar-refractivity contribution >= 4 is 11.8 Å². The van der Waals surface area contributed by atoms with Crippen LogP contribution in [-0.2, 0) is 9.59 Å². The lowest BCUT2D eigenvalue weighted by atomic mass is 9.88. The van der Waals surface area contributed by atoms with Crippen molar-refractivity contribution in [3.05, 3.63) is 29.8 Å². The average Bonchev–Trinajstić information content (AvgIpc) is 3.28. The van der Waals surface area contributed by atoms with E-state index in [0.29, 0.717) is 19.1 Å². The number of amides is 2. The first kappa shape index (κ1) is 16.8. The number of nitrogens with zero attached hydrogens (tertiary/aromatic N) is 1. The second kappa shape index (κ2) is 6.83. The molecular formula is C19H26N2O3. The second-order valence-corrected chi connectivity index (χ2v) is 7.17. The van der Waals surface area contributed by atoms with Crippen molar-refractivity contribution in [1.82, 2.24) is 10.2 Å². The molecule has 3 rings (SSSR count). The van der Waals surface area contributed by atoms with Gasteiger partial charge in [0.25, 0.3) is 0 Å². The zero-order chi connectivity index (χ0) is 17.3. The van der Waals surface area contributed by atoms with E-state index in [-0.39, 0.29) is 29.6 Å². The minimum absolute atomic E-state index is 0.0392. The van der Waals surface area contributed by atoms with Crippen LogP contribution in [0.2, 0.25) is 0 Å². The summed E-state index contributed by atoms with van der Waals surface area (Å²) in [7, 11) is 1.64. The molecule has 1 saturated carbocycles. The molecule has 5 heteroatoms. The summed E-state index contributed by atoms with van der Waals surface area (Å²) in [5, 5.41) is 3.11. The van der Waals surface area contributed by atoms with Gasteiger partial charge in [0.1, 0.15) is 5.75 Å². The summed E-state index contributed by atoms with van der Waals surface area (Å²) in [6.07, 6.45) is 2.14. The van der Waals surface area contributed by atoms with E-state index in [9.17, 15) is 9.59 Å². The SMILES string of the molecule is COc1ccc([C@@H]2CN(C(=O)C(C)C)C[C@H]2C(=O)NC2CC2)cc1. The number of carbonyl (C=O) groups excluding carboxylic acids is 2. The Hall–Kier alpha value is -2.04. The van der Waals surface area contributed by atoms with Crippen LogP contribution in [0.4, 0.5) is 0 Å². The van der Waals surface area contributed by atoms with Gasteiger partial charge in [-0.05, 0) is 30.5 Å². The van der Waals surface area contributed by atoms with Gasteiger partial charge in [-0.25, -0.2) is 0 Å². The first-order valence-electron chi connectivity index (χ1n) is 8.72. The second-order valence-electron chi connectivity index (χ2n) is 7.17. The quantitative estimate of drug-likeness (QED) is 0.900. The number of hydrogen-bond acceptors (Lipinski definition) is 3. The molecule has 0 bridgehead atoms. The molecule has 2 aliphatic rings. The fraction of sp³-hybridized carbons (Fsp3) is 0.579. The molecule has 2 amide bonds. The van der Waals surface area contributed by atoms with E-state index in [4.69, 9.17) is 4.74 Å². The van der Waals surface area contributed by atoms with Crippen molar-refractivity contribution in [1.29, 1.82) is 0 Å². The fourth-order valence-corrected chi connectivity index (χ4v) is 3.34.